The highest BCUT2D eigenvalue weighted by atomic mass is 35.5. The number of phenols is 1. The molecular weight excluding hydrogens is 552 g/mol. The Kier molecular flexibility index (Phi) is 12.8. The van der Waals surface area contributed by atoms with Gasteiger partial charge in [-0.25, -0.2) is 0 Å². The van der Waals surface area contributed by atoms with Crippen LogP contribution in [-0.4, -0.2) is 50.6 Å². The molecule has 1 aliphatic rings. The van der Waals surface area contributed by atoms with Crippen LogP contribution in [0, 0.1) is 0 Å². The molecule has 3 aromatic rings. The number of ether oxygens (including phenoxy) is 5. The van der Waals surface area contributed by atoms with Gasteiger partial charge in [-0.3, -0.25) is 9.59 Å². The molecule has 3 aromatic carbocycles. The molecule has 0 saturated carbocycles. The van der Waals surface area contributed by atoms with Crippen LogP contribution < -0.4 is 42.4 Å². The van der Waals surface area contributed by atoms with E-state index in [1.54, 1.807) is 51.5 Å². The van der Waals surface area contributed by atoms with Crippen molar-refractivity contribution in [2.75, 3.05) is 32.9 Å². The smallest absolute Gasteiger partial charge is 0.302 e. The second-order valence-corrected chi connectivity index (χ2v) is 8.73. The van der Waals surface area contributed by atoms with Gasteiger partial charge in [0.05, 0.1) is 26.5 Å². The van der Waals surface area contributed by atoms with E-state index in [9.17, 15) is 14.7 Å². The molecule has 41 heavy (non-hydrogen) atoms. The SMILES string of the molecule is CCOC(C)=O.COc1ccc(/C=C\c2cc(OC)c3c(c2)OCO3)cc1NC(=O)[C@@H]([NH3+])Cc1ccc(O)cc1.[Cl-]. The van der Waals surface area contributed by atoms with E-state index < -0.39 is 6.04 Å². The predicted molar refractivity (Wildman–Crippen MR) is 150 cm³/mol. The van der Waals surface area contributed by atoms with Crippen molar-refractivity contribution >= 4 is 29.7 Å². The fraction of sp³-hybridized carbons (Fsp3) is 0.267. The number of halogens is 1. The molecule has 1 atom stereocenters. The van der Waals surface area contributed by atoms with Gasteiger partial charge in [-0.1, -0.05) is 30.4 Å². The number of amides is 1. The highest BCUT2D eigenvalue weighted by Gasteiger charge is 2.21. The molecule has 0 fully saturated rings. The first-order chi connectivity index (χ1) is 19.2. The maximum absolute atomic E-state index is 12.8. The number of rotatable bonds is 9. The van der Waals surface area contributed by atoms with Gasteiger partial charge in [0, 0.05) is 13.3 Å². The number of hydrogen-bond donors (Lipinski definition) is 3. The number of carbonyl (C=O) groups excluding carboxylic acids is 2. The zero-order valence-electron chi connectivity index (χ0n) is 23.4. The van der Waals surface area contributed by atoms with E-state index >= 15 is 0 Å². The Morgan fingerprint density at radius 1 is 1.00 bits per heavy atom. The van der Waals surface area contributed by atoms with Gasteiger partial charge in [-0.2, -0.15) is 0 Å². The van der Waals surface area contributed by atoms with Crippen LogP contribution >= 0.6 is 0 Å². The molecule has 4 rings (SSSR count). The van der Waals surface area contributed by atoms with E-state index in [0.29, 0.717) is 41.7 Å². The van der Waals surface area contributed by atoms with Gasteiger partial charge in [-0.15, -0.1) is 0 Å². The van der Waals surface area contributed by atoms with Crippen LogP contribution in [0.2, 0.25) is 0 Å². The van der Waals surface area contributed by atoms with Crippen molar-refractivity contribution in [3.8, 4) is 28.7 Å². The summed E-state index contributed by atoms with van der Waals surface area (Å²) >= 11 is 0. The minimum atomic E-state index is -0.519. The molecule has 1 heterocycles. The molecular formula is C30H35ClN2O8. The van der Waals surface area contributed by atoms with Gasteiger partial charge < -0.3 is 52.2 Å². The third-order valence-electron chi connectivity index (χ3n) is 5.77. The summed E-state index contributed by atoms with van der Waals surface area (Å²) in [6, 6.07) is 15.5. The average Bonchev–Trinajstić information content (AvgIpc) is 3.42. The first kappa shape index (κ1) is 32.8. The first-order valence-corrected chi connectivity index (χ1v) is 12.6. The third-order valence-corrected chi connectivity index (χ3v) is 5.77. The lowest BCUT2D eigenvalue weighted by atomic mass is 10.1. The second kappa shape index (κ2) is 16.0. The Morgan fingerprint density at radius 3 is 2.29 bits per heavy atom. The molecule has 0 aliphatic carbocycles. The van der Waals surface area contributed by atoms with Crippen LogP contribution in [0.4, 0.5) is 5.69 Å². The Hall–Kier alpha value is -4.41. The topological polar surface area (TPSA) is 140 Å². The van der Waals surface area contributed by atoms with Crippen molar-refractivity contribution in [2.45, 2.75) is 26.3 Å². The number of nitrogens with one attached hydrogen (secondary N) is 1. The number of esters is 1. The molecule has 5 N–H and O–H groups in total. The van der Waals surface area contributed by atoms with Gasteiger partial charge >= 0.3 is 5.97 Å². The number of quaternary nitrogens is 1. The largest absolute Gasteiger partial charge is 1.00 e. The van der Waals surface area contributed by atoms with E-state index in [-0.39, 0.29) is 36.8 Å². The van der Waals surface area contributed by atoms with E-state index in [0.717, 1.165) is 16.7 Å². The lowest BCUT2D eigenvalue weighted by Gasteiger charge is -2.13. The summed E-state index contributed by atoms with van der Waals surface area (Å²) in [6.45, 7) is 3.82. The molecule has 1 aliphatic heterocycles. The van der Waals surface area contributed by atoms with Crippen LogP contribution in [0.25, 0.3) is 12.2 Å². The van der Waals surface area contributed by atoms with Crippen LogP contribution in [0.1, 0.15) is 30.5 Å². The van der Waals surface area contributed by atoms with Crippen LogP contribution in [0.3, 0.4) is 0 Å². The number of carbonyl (C=O) groups is 2. The van der Waals surface area contributed by atoms with E-state index in [4.69, 9.17) is 18.9 Å². The van der Waals surface area contributed by atoms with Crippen LogP contribution in [0.15, 0.2) is 54.6 Å². The van der Waals surface area contributed by atoms with Gasteiger partial charge in [0.1, 0.15) is 11.5 Å². The normalized spacial score (nSPS) is 11.9. The molecule has 1 amide bonds. The van der Waals surface area contributed by atoms with E-state index in [1.165, 1.54) is 6.92 Å². The van der Waals surface area contributed by atoms with Crippen molar-refractivity contribution in [1.82, 2.24) is 0 Å². The van der Waals surface area contributed by atoms with E-state index in [2.05, 4.69) is 15.8 Å². The first-order valence-electron chi connectivity index (χ1n) is 12.6. The van der Waals surface area contributed by atoms with Gasteiger partial charge in [0.2, 0.25) is 12.5 Å². The zero-order valence-corrected chi connectivity index (χ0v) is 24.2. The molecule has 0 radical (unpaired) electrons. The quantitative estimate of drug-likeness (QED) is 0.246. The van der Waals surface area contributed by atoms with Crippen molar-refractivity contribution in [1.29, 1.82) is 0 Å². The molecule has 10 nitrogen and oxygen atoms in total. The molecule has 0 unspecified atom stereocenters. The highest BCUT2D eigenvalue weighted by Crippen LogP contribution is 2.42. The fourth-order valence-electron chi connectivity index (χ4n) is 3.81. The van der Waals surface area contributed by atoms with Gasteiger partial charge in [-0.05, 0) is 60.0 Å². The number of aromatic hydroxyl groups is 1. The predicted octanol–water partition coefficient (Wildman–Crippen LogP) is 0.674. The van der Waals surface area contributed by atoms with Crippen molar-refractivity contribution in [3.05, 3.63) is 71.3 Å². The molecule has 0 spiro atoms. The molecule has 0 bridgehead atoms. The summed E-state index contributed by atoms with van der Waals surface area (Å²) in [6.07, 6.45) is 4.29. The fourth-order valence-corrected chi connectivity index (χ4v) is 3.81. The third kappa shape index (κ3) is 9.63. The second-order valence-electron chi connectivity index (χ2n) is 8.73. The van der Waals surface area contributed by atoms with Gasteiger partial charge in [0.25, 0.3) is 5.91 Å². The Morgan fingerprint density at radius 2 is 1.68 bits per heavy atom. The monoisotopic (exact) mass is 586 g/mol. The zero-order chi connectivity index (χ0) is 29.1. The minimum Gasteiger partial charge on any atom is -1.00 e. The molecule has 0 saturated heterocycles. The number of fused-ring (bicyclic) bond motifs is 1. The summed E-state index contributed by atoms with van der Waals surface area (Å²) in [5, 5.41) is 12.3. The standard InChI is InChI=1S/C26H26N2O6.C4H8O2.ClH/c1-31-22-10-7-17(3-4-18-13-23(32-2)25-24(14-18)33-15-34-25)12-21(22)28-26(30)20(27)11-16-5-8-19(29)9-6-16;1-3-6-4(2)5;/h3-10,12-14,20,29H,11,15,27H2,1-2H3,(H,28,30);3H2,1-2H3;1H/b4-3-;;/t20-;;/m0../s1. The molecule has 0 aromatic heterocycles. The van der Waals surface area contributed by atoms with E-state index in [1.807, 2.05) is 36.4 Å². The van der Waals surface area contributed by atoms with Gasteiger partial charge in [0.15, 0.2) is 17.5 Å². The number of methoxy groups -OCH3 is 2. The number of phenolic OH excluding ortho intramolecular Hbond substituents is 1. The Labute approximate surface area is 245 Å². The van der Waals surface area contributed by atoms with Crippen molar-refractivity contribution < 1.29 is 56.5 Å². The molecule has 11 heteroatoms. The lowest BCUT2D eigenvalue weighted by Crippen LogP contribution is -3.00. The van der Waals surface area contributed by atoms with Crippen LogP contribution in [-0.2, 0) is 20.7 Å². The van der Waals surface area contributed by atoms with Crippen molar-refractivity contribution in [2.24, 2.45) is 0 Å². The number of anilines is 1. The minimum absolute atomic E-state index is 0. The van der Waals surface area contributed by atoms with Crippen LogP contribution in [0.5, 0.6) is 28.7 Å². The summed E-state index contributed by atoms with van der Waals surface area (Å²) in [4.78, 5) is 22.6. The summed E-state index contributed by atoms with van der Waals surface area (Å²) in [7, 11) is 3.14. The highest BCUT2D eigenvalue weighted by molar-refractivity contribution is 5.95. The number of hydrogen-bond acceptors (Lipinski definition) is 8. The maximum Gasteiger partial charge on any atom is 0.302 e. The van der Waals surface area contributed by atoms with Crippen molar-refractivity contribution in [3.63, 3.8) is 0 Å². The maximum atomic E-state index is 12.8. The Balaban J connectivity index is 0.000000760. The summed E-state index contributed by atoms with van der Waals surface area (Å²) in [5.41, 5.74) is 7.20. The lowest BCUT2D eigenvalue weighted by molar-refractivity contribution is -0.402. The average molecular weight is 587 g/mol. The number of benzene rings is 3. The Bertz CT molecular complexity index is 1350. The summed E-state index contributed by atoms with van der Waals surface area (Å²) in [5.74, 6) is 2.13. The molecule has 220 valence electrons. The summed E-state index contributed by atoms with van der Waals surface area (Å²) < 4.78 is 26.1.